The number of rotatable bonds is 6. The monoisotopic (exact) mass is 199 g/mol. The van der Waals surface area contributed by atoms with Crippen molar-refractivity contribution in [2.24, 2.45) is 0 Å². The highest BCUT2D eigenvalue weighted by molar-refractivity contribution is 5.75. The fourth-order valence-corrected chi connectivity index (χ4v) is 0.961. The maximum absolute atomic E-state index is 11.3. The third-order valence-corrected chi connectivity index (χ3v) is 1.76. The molecule has 0 aromatic rings. The van der Waals surface area contributed by atoms with Crippen LogP contribution in [0.4, 0.5) is 0 Å². The molecule has 0 bridgehead atoms. The molecule has 3 nitrogen and oxygen atoms in total. The van der Waals surface area contributed by atoms with Crippen molar-refractivity contribution in [2.75, 3.05) is 27.8 Å². The van der Waals surface area contributed by atoms with Crippen molar-refractivity contribution in [1.29, 1.82) is 0 Å². The molecule has 0 saturated carbocycles. The second-order valence-electron chi connectivity index (χ2n) is 4.51. The Morgan fingerprint density at radius 3 is 2.50 bits per heavy atom. The quantitative estimate of drug-likeness (QED) is 0.299. The average Bonchev–Trinajstić information content (AvgIpc) is 2.08. The second-order valence-corrected chi connectivity index (χ2v) is 4.51. The zero-order valence-electron chi connectivity index (χ0n) is 9.84. The molecule has 0 fully saturated rings. The molecule has 0 aliphatic carbocycles. The Balaban J connectivity index is 3.47. The van der Waals surface area contributed by atoms with Crippen LogP contribution in [-0.2, 0) is 4.79 Å². The smallest absolute Gasteiger partial charge is 0.224 e. The van der Waals surface area contributed by atoms with Crippen molar-refractivity contribution in [1.82, 2.24) is 5.32 Å². The lowest BCUT2D eigenvalue weighted by Gasteiger charge is -2.23. The van der Waals surface area contributed by atoms with Gasteiger partial charge in [0.25, 0.3) is 0 Å². The number of carbonyl (C=O) groups excluding carboxylic acids is 1. The highest BCUT2D eigenvalue weighted by atomic mass is 16.1. The highest BCUT2D eigenvalue weighted by Gasteiger charge is 2.08. The molecular weight excluding hydrogens is 176 g/mol. The number of hydrogen-bond donors (Lipinski definition) is 1. The summed E-state index contributed by atoms with van der Waals surface area (Å²) in [6.45, 7) is 2.69. The molecule has 0 aromatic heterocycles. The van der Waals surface area contributed by atoms with Crippen LogP contribution in [0.5, 0.6) is 0 Å². The first-order chi connectivity index (χ1) is 6.45. The third-order valence-electron chi connectivity index (χ3n) is 1.76. The summed E-state index contributed by atoms with van der Waals surface area (Å²) in [6, 6.07) is 0. The Morgan fingerprint density at radius 1 is 1.36 bits per heavy atom. The van der Waals surface area contributed by atoms with Crippen LogP contribution in [0, 0.1) is 0 Å². The number of allylic oxidation sites excluding steroid dienone is 2. The predicted octanol–water partition coefficient (Wildman–Crippen LogP) is 1.51. The van der Waals surface area contributed by atoms with E-state index >= 15 is 0 Å². The van der Waals surface area contributed by atoms with Crippen molar-refractivity contribution >= 4 is 5.91 Å². The van der Waals surface area contributed by atoms with E-state index in [4.69, 9.17) is 0 Å². The van der Waals surface area contributed by atoms with Crippen molar-refractivity contribution in [3.8, 4) is 0 Å². The van der Waals surface area contributed by atoms with E-state index in [-0.39, 0.29) is 5.91 Å². The Hall–Kier alpha value is -0.830. The molecule has 1 amide bonds. The van der Waals surface area contributed by atoms with Gasteiger partial charge in [-0.05, 0) is 19.8 Å². The van der Waals surface area contributed by atoms with Crippen LogP contribution in [-0.4, -0.2) is 38.2 Å². The summed E-state index contributed by atoms with van der Waals surface area (Å²) in [5.41, 5.74) is 0. The van der Waals surface area contributed by atoms with E-state index in [9.17, 15) is 4.79 Å². The minimum absolute atomic E-state index is 0.155. The lowest BCUT2D eigenvalue weighted by atomic mass is 10.2. The minimum atomic E-state index is 0.155. The van der Waals surface area contributed by atoms with E-state index in [0.29, 0.717) is 13.1 Å². The summed E-state index contributed by atoms with van der Waals surface area (Å²) in [6.07, 6.45) is 6.67. The number of quaternary nitrogens is 1. The van der Waals surface area contributed by atoms with E-state index in [1.54, 1.807) is 0 Å². The fourth-order valence-electron chi connectivity index (χ4n) is 0.961. The Morgan fingerprint density at radius 2 is 2.00 bits per heavy atom. The molecule has 0 radical (unpaired) electrons. The largest absolute Gasteiger partial charge is 0.314 e. The van der Waals surface area contributed by atoms with Crippen LogP contribution in [0.2, 0.25) is 0 Å². The summed E-state index contributed by atoms with van der Waals surface area (Å²) in [5, 5.41) is 2.91. The van der Waals surface area contributed by atoms with E-state index in [0.717, 1.165) is 17.3 Å². The SMILES string of the molecule is C/C=C/CCCC(=O)NC[N+](C)(C)C. The molecule has 0 heterocycles. The van der Waals surface area contributed by atoms with E-state index in [2.05, 4.69) is 32.5 Å². The fraction of sp³-hybridized carbons (Fsp3) is 0.727. The van der Waals surface area contributed by atoms with Crippen LogP contribution >= 0.6 is 0 Å². The lowest BCUT2D eigenvalue weighted by molar-refractivity contribution is -0.872. The number of carbonyl (C=O) groups is 1. The van der Waals surface area contributed by atoms with Gasteiger partial charge in [0.15, 0.2) is 6.67 Å². The van der Waals surface area contributed by atoms with Crippen molar-refractivity contribution < 1.29 is 9.28 Å². The topological polar surface area (TPSA) is 29.1 Å². The van der Waals surface area contributed by atoms with Gasteiger partial charge < -0.3 is 9.80 Å². The molecule has 0 aliphatic rings. The van der Waals surface area contributed by atoms with Gasteiger partial charge in [-0.3, -0.25) is 4.79 Å². The Bertz CT molecular complexity index is 192. The maximum Gasteiger partial charge on any atom is 0.224 e. The van der Waals surface area contributed by atoms with Gasteiger partial charge >= 0.3 is 0 Å². The molecule has 0 unspecified atom stereocenters. The first kappa shape index (κ1) is 13.2. The van der Waals surface area contributed by atoms with Gasteiger partial charge in [0.1, 0.15) is 0 Å². The highest BCUT2D eigenvalue weighted by Crippen LogP contribution is 1.96. The average molecular weight is 199 g/mol. The summed E-state index contributed by atoms with van der Waals surface area (Å²) < 4.78 is 0.764. The molecule has 0 rings (SSSR count). The minimum Gasteiger partial charge on any atom is -0.314 e. The summed E-state index contributed by atoms with van der Waals surface area (Å²) >= 11 is 0. The number of unbranched alkanes of at least 4 members (excludes halogenated alkanes) is 1. The van der Waals surface area contributed by atoms with E-state index in [1.165, 1.54) is 0 Å². The van der Waals surface area contributed by atoms with Gasteiger partial charge in [-0.25, -0.2) is 0 Å². The maximum atomic E-state index is 11.3. The van der Waals surface area contributed by atoms with Gasteiger partial charge in [0.05, 0.1) is 21.1 Å². The summed E-state index contributed by atoms with van der Waals surface area (Å²) in [4.78, 5) is 11.3. The molecule has 0 saturated heterocycles. The third kappa shape index (κ3) is 9.26. The summed E-state index contributed by atoms with van der Waals surface area (Å²) in [7, 11) is 6.17. The van der Waals surface area contributed by atoms with Crippen molar-refractivity contribution in [2.45, 2.75) is 26.2 Å². The molecule has 0 spiro atoms. The normalized spacial score (nSPS) is 12.0. The van der Waals surface area contributed by atoms with E-state index in [1.807, 2.05) is 13.0 Å². The van der Waals surface area contributed by atoms with Crippen LogP contribution in [0.25, 0.3) is 0 Å². The summed E-state index contributed by atoms with van der Waals surface area (Å²) in [5.74, 6) is 0.155. The standard InChI is InChI=1S/C11H22N2O/c1-5-6-7-8-9-11(14)12-10-13(2,3)4/h5-6H,7-10H2,1-4H3/p+1/b6-5+. The second kappa shape index (κ2) is 6.60. The molecule has 0 aromatic carbocycles. The number of amides is 1. The first-order valence-corrected chi connectivity index (χ1v) is 5.14. The molecular formula is C11H23N2O+. The van der Waals surface area contributed by atoms with Crippen LogP contribution < -0.4 is 5.32 Å². The first-order valence-electron chi connectivity index (χ1n) is 5.14. The molecule has 1 N–H and O–H groups in total. The molecule has 3 heteroatoms. The number of nitrogens with zero attached hydrogens (tertiary/aromatic N) is 1. The zero-order valence-corrected chi connectivity index (χ0v) is 9.84. The lowest BCUT2D eigenvalue weighted by Crippen LogP contribution is -2.45. The molecule has 0 atom stereocenters. The van der Waals surface area contributed by atoms with Gasteiger partial charge in [0.2, 0.25) is 5.91 Å². The van der Waals surface area contributed by atoms with Crippen LogP contribution in [0.15, 0.2) is 12.2 Å². The molecule has 82 valence electrons. The van der Waals surface area contributed by atoms with Gasteiger partial charge in [-0.2, -0.15) is 0 Å². The number of hydrogen-bond acceptors (Lipinski definition) is 1. The van der Waals surface area contributed by atoms with Crippen molar-refractivity contribution in [3.05, 3.63) is 12.2 Å². The number of nitrogens with one attached hydrogen (secondary N) is 1. The molecule has 14 heavy (non-hydrogen) atoms. The van der Waals surface area contributed by atoms with Gasteiger partial charge in [-0.15, -0.1) is 0 Å². The van der Waals surface area contributed by atoms with E-state index < -0.39 is 0 Å². The van der Waals surface area contributed by atoms with Gasteiger partial charge in [0, 0.05) is 6.42 Å². The van der Waals surface area contributed by atoms with Crippen LogP contribution in [0.3, 0.4) is 0 Å². The predicted molar refractivity (Wildman–Crippen MR) is 59.7 cm³/mol. The van der Waals surface area contributed by atoms with Crippen LogP contribution in [0.1, 0.15) is 26.2 Å². The molecule has 0 aliphatic heterocycles. The Kier molecular flexibility index (Phi) is 6.21. The zero-order chi connectivity index (χ0) is 11.0. The Labute approximate surface area is 87.4 Å². The van der Waals surface area contributed by atoms with Crippen molar-refractivity contribution in [3.63, 3.8) is 0 Å². The van der Waals surface area contributed by atoms with Gasteiger partial charge in [-0.1, -0.05) is 12.2 Å².